The summed E-state index contributed by atoms with van der Waals surface area (Å²) in [5.74, 6) is 0.585. The van der Waals surface area contributed by atoms with Gasteiger partial charge in [0.1, 0.15) is 10.7 Å². The molecule has 2 rings (SSSR count). The Bertz CT molecular complexity index is 408. The zero-order chi connectivity index (χ0) is 13.0. The number of hydrogen-bond donors (Lipinski definition) is 3. The van der Waals surface area contributed by atoms with Crippen LogP contribution in [0.5, 0.6) is 0 Å². The molecule has 2 atom stereocenters. The van der Waals surface area contributed by atoms with Gasteiger partial charge in [-0.25, -0.2) is 4.98 Å². The number of aliphatic hydroxyl groups excluding tert-OH is 1. The first-order valence-corrected chi connectivity index (χ1v) is 7.16. The molecule has 0 aliphatic heterocycles. The lowest BCUT2D eigenvalue weighted by atomic mass is 9.97. The van der Waals surface area contributed by atoms with Crippen molar-refractivity contribution in [2.45, 2.75) is 25.8 Å². The van der Waals surface area contributed by atoms with Gasteiger partial charge in [0, 0.05) is 25.1 Å². The van der Waals surface area contributed by atoms with E-state index in [1.54, 1.807) is 5.38 Å². The summed E-state index contributed by atoms with van der Waals surface area (Å²) in [4.78, 5) is 16.0. The van der Waals surface area contributed by atoms with E-state index in [1.807, 2.05) is 0 Å². The van der Waals surface area contributed by atoms with Gasteiger partial charge in [-0.3, -0.25) is 4.79 Å². The number of rotatable bonds is 5. The summed E-state index contributed by atoms with van der Waals surface area (Å²) in [7, 11) is 0. The van der Waals surface area contributed by atoms with Gasteiger partial charge < -0.3 is 16.2 Å². The van der Waals surface area contributed by atoms with Crippen molar-refractivity contribution >= 4 is 17.2 Å². The van der Waals surface area contributed by atoms with Gasteiger partial charge in [-0.1, -0.05) is 6.42 Å². The van der Waals surface area contributed by atoms with Gasteiger partial charge in [0.25, 0.3) is 5.91 Å². The number of nitrogens with one attached hydrogen (secondary N) is 1. The lowest BCUT2D eigenvalue weighted by molar-refractivity contribution is 0.0933. The van der Waals surface area contributed by atoms with Crippen molar-refractivity contribution in [1.82, 2.24) is 10.3 Å². The Kier molecular flexibility index (Phi) is 4.68. The second-order valence-electron chi connectivity index (χ2n) is 4.67. The fourth-order valence-electron chi connectivity index (χ4n) is 2.45. The normalized spacial score (nSPS) is 23.2. The third kappa shape index (κ3) is 3.07. The molecule has 2 unspecified atom stereocenters. The first kappa shape index (κ1) is 13.5. The van der Waals surface area contributed by atoms with Crippen molar-refractivity contribution in [2.75, 3.05) is 13.2 Å². The highest BCUT2D eigenvalue weighted by molar-refractivity contribution is 7.09. The number of carbonyl (C=O) groups is 1. The molecule has 0 bridgehead atoms. The van der Waals surface area contributed by atoms with Gasteiger partial charge in [0.15, 0.2) is 0 Å². The Morgan fingerprint density at radius 2 is 2.33 bits per heavy atom. The van der Waals surface area contributed by atoms with E-state index in [0.717, 1.165) is 24.3 Å². The second-order valence-corrected chi connectivity index (χ2v) is 5.62. The zero-order valence-corrected chi connectivity index (χ0v) is 11.1. The van der Waals surface area contributed by atoms with Crippen LogP contribution in [0.1, 0.15) is 34.8 Å². The van der Waals surface area contributed by atoms with Crippen LogP contribution in [0.3, 0.4) is 0 Å². The van der Waals surface area contributed by atoms with E-state index in [2.05, 4.69) is 10.3 Å². The highest BCUT2D eigenvalue weighted by atomic mass is 32.1. The highest BCUT2D eigenvalue weighted by Gasteiger charge is 2.27. The second kappa shape index (κ2) is 6.26. The van der Waals surface area contributed by atoms with Crippen LogP contribution in [0.25, 0.3) is 0 Å². The van der Waals surface area contributed by atoms with E-state index in [1.165, 1.54) is 11.3 Å². The average Bonchev–Trinajstić information content (AvgIpc) is 3.04. The number of thiazole rings is 1. The third-order valence-electron chi connectivity index (χ3n) is 3.53. The minimum Gasteiger partial charge on any atom is -0.396 e. The number of aromatic nitrogens is 1. The lowest BCUT2D eigenvalue weighted by Crippen LogP contribution is -2.31. The predicted octanol–water partition coefficient (Wildman–Crippen LogP) is 0.740. The van der Waals surface area contributed by atoms with Crippen molar-refractivity contribution in [2.24, 2.45) is 17.6 Å². The summed E-state index contributed by atoms with van der Waals surface area (Å²) in [6, 6.07) is 0. The quantitative estimate of drug-likeness (QED) is 0.735. The molecule has 0 radical (unpaired) electrons. The van der Waals surface area contributed by atoms with Gasteiger partial charge in [-0.05, 0) is 24.7 Å². The van der Waals surface area contributed by atoms with E-state index in [4.69, 9.17) is 5.73 Å². The minimum atomic E-state index is -0.144. The maximum Gasteiger partial charge on any atom is 0.270 e. The number of nitrogens with two attached hydrogens (primary N) is 1. The van der Waals surface area contributed by atoms with Crippen LogP contribution in [0.15, 0.2) is 5.38 Å². The molecular weight excluding hydrogens is 250 g/mol. The summed E-state index contributed by atoms with van der Waals surface area (Å²) in [6.45, 7) is 1.21. The molecule has 100 valence electrons. The van der Waals surface area contributed by atoms with E-state index in [9.17, 15) is 9.90 Å². The van der Waals surface area contributed by atoms with Gasteiger partial charge in [0.2, 0.25) is 0 Å². The van der Waals surface area contributed by atoms with E-state index < -0.39 is 0 Å². The molecular formula is C12H19N3O2S. The molecule has 4 N–H and O–H groups in total. The van der Waals surface area contributed by atoms with Crippen molar-refractivity contribution in [3.63, 3.8) is 0 Å². The van der Waals surface area contributed by atoms with Crippen molar-refractivity contribution < 1.29 is 9.90 Å². The maximum absolute atomic E-state index is 11.9. The lowest BCUT2D eigenvalue weighted by Gasteiger charge is -2.17. The molecule has 1 saturated carbocycles. The molecule has 1 fully saturated rings. The molecule has 1 aromatic rings. The SMILES string of the molecule is NCc1nc(C(=O)NCC2CCCC2CO)cs1. The van der Waals surface area contributed by atoms with Gasteiger partial charge in [0.05, 0.1) is 0 Å². The van der Waals surface area contributed by atoms with Crippen LogP contribution in [-0.4, -0.2) is 29.1 Å². The van der Waals surface area contributed by atoms with Crippen LogP contribution in [0, 0.1) is 11.8 Å². The van der Waals surface area contributed by atoms with E-state index in [0.29, 0.717) is 30.6 Å². The van der Waals surface area contributed by atoms with Crippen molar-refractivity contribution in [3.05, 3.63) is 16.1 Å². The molecule has 0 aromatic carbocycles. The monoisotopic (exact) mass is 269 g/mol. The largest absolute Gasteiger partial charge is 0.396 e. The number of aliphatic hydroxyl groups is 1. The van der Waals surface area contributed by atoms with E-state index >= 15 is 0 Å². The van der Waals surface area contributed by atoms with Crippen LogP contribution in [0.2, 0.25) is 0 Å². The topological polar surface area (TPSA) is 88.2 Å². The molecule has 1 aromatic heterocycles. The average molecular weight is 269 g/mol. The summed E-state index contributed by atoms with van der Waals surface area (Å²) < 4.78 is 0. The highest BCUT2D eigenvalue weighted by Crippen LogP contribution is 2.30. The number of hydrogen-bond acceptors (Lipinski definition) is 5. The molecule has 1 aliphatic rings. The standard InChI is InChI=1S/C12H19N3O2S/c13-4-11-15-10(7-18-11)12(17)14-5-8-2-1-3-9(8)6-16/h7-9,16H,1-6,13H2,(H,14,17). The molecule has 18 heavy (non-hydrogen) atoms. The molecule has 1 aliphatic carbocycles. The third-order valence-corrected chi connectivity index (χ3v) is 4.41. The predicted molar refractivity (Wildman–Crippen MR) is 70.3 cm³/mol. The Morgan fingerprint density at radius 3 is 3.00 bits per heavy atom. The van der Waals surface area contributed by atoms with E-state index in [-0.39, 0.29) is 12.5 Å². The van der Waals surface area contributed by atoms with Crippen LogP contribution in [-0.2, 0) is 6.54 Å². The molecule has 5 nitrogen and oxygen atoms in total. The number of nitrogens with zero attached hydrogens (tertiary/aromatic N) is 1. The summed E-state index contributed by atoms with van der Waals surface area (Å²) in [5.41, 5.74) is 5.90. The molecule has 6 heteroatoms. The maximum atomic E-state index is 11.9. The number of carbonyl (C=O) groups excluding carboxylic acids is 1. The van der Waals surface area contributed by atoms with Crippen LogP contribution in [0.4, 0.5) is 0 Å². The zero-order valence-electron chi connectivity index (χ0n) is 10.3. The molecule has 1 heterocycles. The Hall–Kier alpha value is -0.980. The Labute approximate surface area is 110 Å². The van der Waals surface area contributed by atoms with Gasteiger partial charge >= 0.3 is 0 Å². The summed E-state index contributed by atoms with van der Waals surface area (Å²) in [5, 5.41) is 14.6. The molecule has 0 saturated heterocycles. The fourth-order valence-corrected chi connectivity index (χ4v) is 3.10. The summed E-state index contributed by atoms with van der Waals surface area (Å²) in [6.07, 6.45) is 3.28. The first-order valence-electron chi connectivity index (χ1n) is 6.28. The van der Waals surface area contributed by atoms with Gasteiger partial charge in [-0.15, -0.1) is 11.3 Å². The Balaban J connectivity index is 1.84. The molecule has 0 spiro atoms. The number of amides is 1. The fraction of sp³-hybridized carbons (Fsp3) is 0.667. The van der Waals surface area contributed by atoms with Gasteiger partial charge in [-0.2, -0.15) is 0 Å². The van der Waals surface area contributed by atoms with Crippen LogP contribution >= 0.6 is 11.3 Å². The Morgan fingerprint density at radius 1 is 1.56 bits per heavy atom. The van der Waals surface area contributed by atoms with Crippen molar-refractivity contribution in [3.8, 4) is 0 Å². The van der Waals surface area contributed by atoms with Crippen LogP contribution < -0.4 is 11.1 Å². The summed E-state index contributed by atoms with van der Waals surface area (Å²) >= 11 is 1.40. The molecule has 1 amide bonds. The van der Waals surface area contributed by atoms with Crippen molar-refractivity contribution in [1.29, 1.82) is 0 Å². The minimum absolute atomic E-state index is 0.144. The smallest absolute Gasteiger partial charge is 0.270 e. The first-order chi connectivity index (χ1) is 8.74.